The molecule has 0 bridgehead atoms. The van der Waals surface area contributed by atoms with E-state index < -0.39 is 0 Å². The lowest BCUT2D eigenvalue weighted by Gasteiger charge is -2.03. The van der Waals surface area contributed by atoms with Gasteiger partial charge < -0.3 is 10.1 Å². The Morgan fingerprint density at radius 3 is 2.77 bits per heavy atom. The van der Waals surface area contributed by atoms with Crippen molar-refractivity contribution >= 4 is 17.5 Å². The summed E-state index contributed by atoms with van der Waals surface area (Å²) in [6.45, 7) is 5.58. The van der Waals surface area contributed by atoms with E-state index in [4.69, 9.17) is 16.3 Å². The normalized spacial score (nSPS) is 10.7. The highest BCUT2D eigenvalue weighted by atomic mass is 35.5. The largest absolute Gasteiger partial charge is 0.382 e. The maximum atomic E-state index is 12.0. The Balaban J connectivity index is 1.99. The molecule has 0 atom stereocenters. The van der Waals surface area contributed by atoms with E-state index in [0.29, 0.717) is 30.6 Å². The van der Waals surface area contributed by atoms with Crippen LogP contribution in [-0.4, -0.2) is 40.4 Å². The van der Waals surface area contributed by atoms with Crippen LogP contribution in [0.4, 0.5) is 0 Å². The Labute approximate surface area is 134 Å². The molecule has 1 aromatic carbocycles. The van der Waals surface area contributed by atoms with Gasteiger partial charge in [-0.05, 0) is 44.5 Å². The second-order valence-corrected chi connectivity index (χ2v) is 5.11. The van der Waals surface area contributed by atoms with Crippen LogP contribution >= 0.6 is 11.6 Å². The average molecular weight is 323 g/mol. The molecule has 0 saturated heterocycles. The highest BCUT2D eigenvalue weighted by Gasteiger charge is 2.14. The van der Waals surface area contributed by atoms with Crippen LogP contribution in [0.15, 0.2) is 24.3 Å². The summed E-state index contributed by atoms with van der Waals surface area (Å²) < 4.78 is 6.83. The van der Waals surface area contributed by atoms with Gasteiger partial charge in [-0.3, -0.25) is 4.79 Å². The average Bonchev–Trinajstić information content (AvgIpc) is 2.90. The maximum Gasteiger partial charge on any atom is 0.290 e. The fourth-order valence-electron chi connectivity index (χ4n) is 1.91. The molecule has 0 spiro atoms. The molecule has 0 saturated carbocycles. The number of nitrogens with zero attached hydrogens (tertiary/aromatic N) is 3. The molecule has 1 N–H and O–H groups in total. The number of hydrogen-bond donors (Lipinski definition) is 1. The molecule has 0 aliphatic carbocycles. The van der Waals surface area contributed by atoms with E-state index in [1.54, 1.807) is 23.7 Å². The third kappa shape index (κ3) is 4.29. The molecule has 1 aromatic heterocycles. The molecular weight excluding hydrogens is 304 g/mol. The van der Waals surface area contributed by atoms with Crippen LogP contribution < -0.4 is 5.32 Å². The van der Waals surface area contributed by atoms with E-state index in [1.165, 1.54) is 0 Å². The van der Waals surface area contributed by atoms with E-state index in [-0.39, 0.29) is 11.7 Å². The smallest absolute Gasteiger partial charge is 0.290 e. The zero-order valence-electron chi connectivity index (χ0n) is 12.7. The van der Waals surface area contributed by atoms with Gasteiger partial charge in [-0.25, -0.2) is 9.67 Å². The summed E-state index contributed by atoms with van der Waals surface area (Å²) in [5, 5.41) is 7.67. The summed E-state index contributed by atoms with van der Waals surface area (Å²) in [7, 11) is 0. The molecule has 0 radical (unpaired) electrons. The number of halogens is 1. The number of aryl methyl sites for hydroxylation is 1. The highest BCUT2D eigenvalue weighted by Crippen LogP contribution is 2.14. The van der Waals surface area contributed by atoms with Gasteiger partial charge in [-0.2, -0.15) is 0 Å². The number of nitrogens with one attached hydrogen (secondary N) is 1. The van der Waals surface area contributed by atoms with Crippen molar-refractivity contribution in [1.29, 1.82) is 0 Å². The van der Waals surface area contributed by atoms with E-state index in [1.807, 2.05) is 19.1 Å². The van der Waals surface area contributed by atoms with Crippen molar-refractivity contribution in [3.8, 4) is 5.69 Å². The fraction of sp³-hybridized carbons (Fsp3) is 0.400. The van der Waals surface area contributed by atoms with Gasteiger partial charge in [0.2, 0.25) is 5.82 Å². The quantitative estimate of drug-likeness (QED) is 0.795. The number of aromatic nitrogens is 3. The van der Waals surface area contributed by atoms with E-state index >= 15 is 0 Å². The number of hydrogen-bond acceptors (Lipinski definition) is 4. The number of carbonyl (C=O) groups is 1. The van der Waals surface area contributed by atoms with E-state index in [0.717, 1.165) is 12.1 Å². The molecule has 7 heteroatoms. The lowest BCUT2D eigenvalue weighted by atomic mass is 10.3. The monoisotopic (exact) mass is 322 g/mol. The Morgan fingerprint density at radius 2 is 2.09 bits per heavy atom. The van der Waals surface area contributed by atoms with Crippen molar-refractivity contribution in [3.63, 3.8) is 0 Å². The van der Waals surface area contributed by atoms with Crippen molar-refractivity contribution in [2.75, 3.05) is 19.8 Å². The Kier molecular flexibility index (Phi) is 5.91. The van der Waals surface area contributed by atoms with Crippen molar-refractivity contribution in [1.82, 2.24) is 20.1 Å². The van der Waals surface area contributed by atoms with Gasteiger partial charge in [-0.15, -0.1) is 5.10 Å². The summed E-state index contributed by atoms with van der Waals surface area (Å²) >= 11 is 5.87. The van der Waals surface area contributed by atoms with Crippen molar-refractivity contribution in [2.24, 2.45) is 0 Å². The predicted molar refractivity (Wildman–Crippen MR) is 84.5 cm³/mol. The van der Waals surface area contributed by atoms with Crippen molar-refractivity contribution in [2.45, 2.75) is 20.3 Å². The molecule has 0 fully saturated rings. The summed E-state index contributed by atoms with van der Waals surface area (Å²) in [6.07, 6.45) is 0.760. The van der Waals surface area contributed by atoms with Crippen LogP contribution in [0.1, 0.15) is 29.8 Å². The molecular formula is C15H19ClN4O2. The van der Waals surface area contributed by atoms with Gasteiger partial charge in [0.25, 0.3) is 5.91 Å². The first-order chi connectivity index (χ1) is 10.6. The first kappa shape index (κ1) is 16.5. The van der Waals surface area contributed by atoms with E-state index in [2.05, 4.69) is 15.4 Å². The second kappa shape index (κ2) is 7.91. The SMILES string of the molecule is CCOCCCNC(=O)c1nc(C)n(-c2ccc(Cl)cc2)n1. The number of benzene rings is 1. The Bertz CT molecular complexity index is 625. The molecule has 2 rings (SSSR count). The number of rotatable bonds is 7. The minimum atomic E-state index is -0.285. The summed E-state index contributed by atoms with van der Waals surface area (Å²) in [5.74, 6) is 0.512. The standard InChI is InChI=1S/C15H19ClN4O2/c1-3-22-10-4-9-17-15(21)14-18-11(2)20(19-14)13-7-5-12(16)6-8-13/h5-8H,3-4,9-10H2,1-2H3,(H,17,21). The molecule has 0 aliphatic heterocycles. The highest BCUT2D eigenvalue weighted by molar-refractivity contribution is 6.30. The zero-order chi connectivity index (χ0) is 15.9. The van der Waals surface area contributed by atoms with Crippen LogP contribution in [-0.2, 0) is 4.74 Å². The summed E-state index contributed by atoms with van der Waals surface area (Å²) in [5.41, 5.74) is 0.810. The van der Waals surface area contributed by atoms with Gasteiger partial charge >= 0.3 is 0 Å². The van der Waals surface area contributed by atoms with Gasteiger partial charge in [0.15, 0.2) is 0 Å². The summed E-state index contributed by atoms with van der Waals surface area (Å²) in [6, 6.07) is 7.19. The van der Waals surface area contributed by atoms with Crippen molar-refractivity contribution in [3.05, 3.63) is 40.9 Å². The van der Waals surface area contributed by atoms with Crippen LogP contribution in [0.5, 0.6) is 0 Å². The lowest BCUT2D eigenvalue weighted by molar-refractivity contribution is 0.0934. The molecule has 6 nitrogen and oxygen atoms in total. The first-order valence-corrected chi connectivity index (χ1v) is 7.55. The summed E-state index contributed by atoms with van der Waals surface area (Å²) in [4.78, 5) is 16.2. The minimum Gasteiger partial charge on any atom is -0.382 e. The molecule has 0 unspecified atom stereocenters. The number of ether oxygens (including phenoxy) is 1. The zero-order valence-corrected chi connectivity index (χ0v) is 13.4. The van der Waals surface area contributed by atoms with Gasteiger partial charge in [0.05, 0.1) is 5.69 Å². The van der Waals surface area contributed by atoms with Gasteiger partial charge in [0.1, 0.15) is 5.82 Å². The molecule has 1 amide bonds. The number of amides is 1. The van der Waals surface area contributed by atoms with E-state index in [9.17, 15) is 4.79 Å². The maximum absolute atomic E-state index is 12.0. The molecule has 22 heavy (non-hydrogen) atoms. The van der Waals surface area contributed by atoms with Gasteiger partial charge in [-0.1, -0.05) is 11.6 Å². The Hall–Kier alpha value is -1.92. The molecule has 118 valence electrons. The second-order valence-electron chi connectivity index (χ2n) is 4.68. The van der Waals surface area contributed by atoms with Crippen LogP contribution in [0, 0.1) is 6.92 Å². The molecule has 0 aliphatic rings. The lowest BCUT2D eigenvalue weighted by Crippen LogP contribution is -2.26. The fourth-order valence-corrected chi connectivity index (χ4v) is 2.04. The van der Waals surface area contributed by atoms with Crippen molar-refractivity contribution < 1.29 is 9.53 Å². The van der Waals surface area contributed by atoms with Gasteiger partial charge in [0, 0.05) is 24.8 Å². The third-order valence-electron chi connectivity index (χ3n) is 3.00. The third-order valence-corrected chi connectivity index (χ3v) is 3.25. The minimum absolute atomic E-state index is 0.156. The number of carbonyl (C=O) groups excluding carboxylic acids is 1. The topological polar surface area (TPSA) is 69.0 Å². The Morgan fingerprint density at radius 1 is 1.36 bits per heavy atom. The first-order valence-electron chi connectivity index (χ1n) is 7.17. The van der Waals surface area contributed by atoms with Crippen LogP contribution in [0.2, 0.25) is 5.02 Å². The van der Waals surface area contributed by atoms with Crippen LogP contribution in [0.3, 0.4) is 0 Å². The predicted octanol–water partition coefficient (Wildman–Crippen LogP) is 2.39. The van der Waals surface area contributed by atoms with Crippen LogP contribution in [0.25, 0.3) is 5.69 Å². The molecule has 1 heterocycles. The molecule has 2 aromatic rings.